The van der Waals surface area contributed by atoms with Crippen molar-refractivity contribution < 1.29 is 38.5 Å². The quantitative estimate of drug-likeness (QED) is 0.373. The Kier molecular flexibility index (Phi) is 9.32. The predicted molar refractivity (Wildman–Crippen MR) is 122 cm³/mol. The summed E-state index contributed by atoms with van der Waals surface area (Å²) in [7, 11) is 0. The van der Waals surface area contributed by atoms with E-state index in [1.807, 2.05) is 0 Å². The molecule has 0 heterocycles. The maximum Gasteiger partial charge on any atom is 0.338 e. The number of hydrogen-bond donors (Lipinski definition) is 2. The summed E-state index contributed by atoms with van der Waals surface area (Å²) >= 11 is 0. The number of benzene rings is 2. The van der Waals surface area contributed by atoms with Crippen molar-refractivity contribution in [1.82, 2.24) is 0 Å². The van der Waals surface area contributed by atoms with E-state index in [0.29, 0.717) is 11.1 Å². The Labute approximate surface area is 197 Å². The Bertz CT molecular complexity index is 1040. The second kappa shape index (κ2) is 11.9. The maximum atomic E-state index is 12.3. The number of hydrogen-bond acceptors (Lipinski definition) is 8. The van der Waals surface area contributed by atoms with Crippen LogP contribution in [0.25, 0.3) is 0 Å². The van der Waals surface area contributed by atoms with Gasteiger partial charge < -0.3 is 25.1 Å². The van der Waals surface area contributed by atoms with Gasteiger partial charge in [0.15, 0.2) is 11.5 Å². The van der Waals surface area contributed by atoms with Crippen LogP contribution in [-0.2, 0) is 25.5 Å². The van der Waals surface area contributed by atoms with Crippen LogP contribution in [0.3, 0.4) is 0 Å². The second-order valence-corrected chi connectivity index (χ2v) is 7.86. The summed E-state index contributed by atoms with van der Waals surface area (Å²) < 4.78 is 15.8. The van der Waals surface area contributed by atoms with E-state index in [2.05, 4.69) is 0 Å². The molecular formula is C25H29NO8. The minimum atomic E-state index is -1.79. The van der Waals surface area contributed by atoms with Gasteiger partial charge in [-0.3, -0.25) is 14.4 Å². The number of carbonyl (C=O) groups is 4. The van der Waals surface area contributed by atoms with E-state index in [-0.39, 0.29) is 37.2 Å². The highest BCUT2D eigenvalue weighted by Gasteiger charge is 2.37. The Morgan fingerprint density at radius 1 is 0.941 bits per heavy atom. The fraction of sp³-hybridized carbons (Fsp3) is 0.360. The van der Waals surface area contributed by atoms with Crippen LogP contribution in [0, 0.1) is 0 Å². The molecule has 0 spiro atoms. The normalized spacial score (nSPS) is 13.3. The highest BCUT2D eigenvalue weighted by atomic mass is 16.6. The van der Waals surface area contributed by atoms with Crippen molar-refractivity contribution in [3.8, 4) is 11.5 Å². The average molecular weight is 472 g/mol. The summed E-state index contributed by atoms with van der Waals surface area (Å²) in [5, 5.41) is 9.83. The largest absolute Gasteiger partial charge is 0.480 e. The van der Waals surface area contributed by atoms with Gasteiger partial charge in [0.05, 0.1) is 5.56 Å². The lowest BCUT2D eigenvalue weighted by Gasteiger charge is -2.28. The minimum Gasteiger partial charge on any atom is -0.480 e. The van der Waals surface area contributed by atoms with E-state index >= 15 is 0 Å². The monoisotopic (exact) mass is 471 g/mol. The van der Waals surface area contributed by atoms with Crippen LogP contribution in [0.5, 0.6) is 11.5 Å². The zero-order chi connectivity index (χ0) is 25.3. The van der Waals surface area contributed by atoms with Crippen molar-refractivity contribution in [2.45, 2.75) is 58.1 Å². The molecule has 34 heavy (non-hydrogen) atoms. The van der Waals surface area contributed by atoms with E-state index < -0.39 is 35.5 Å². The van der Waals surface area contributed by atoms with Crippen molar-refractivity contribution in [3.63, 3.8) is 0 Å². The minimum absolute atomic E-state index is 0.0116. The third-order valence-corrected chi connectivity index (χ3v) is 4.95. The van der Waals surface area contributed by atoms with Crippen molar-refractivity contribution in [1.29, 1.82) is 0 Å². The fourth-order valence-electron chi connectivity index (χ4n) is 3.20. The first-order chi connectivity index (χ1) is 16.1. The maximum absolute atomic E-state index is 12.3. The molecule has 0 saturated heterocycles. The number of esters is 3. The molecule has 0 aromatic heterocycles. The Morgan fingerprint density at radius 3 is 2.09 bits per heavy atom. The average Bonchev–Trinajstić information content (AvgIpc) is 2.80. The highest BCUT2D eigenvalue weighted by Crippen LogP contribution is 2.31. The molecule has 9 heteroatoms. The summed E-state index contributed by atoms with van der Waals surface area (Å²) in [4.78, 5) is 47.9. The van der Waals surface area contributed by atoms with Crippen molar-refractivity contribution in [2.75, 3.05) is 0 Å². The van der Waals surface area contributed by atoms with Crippen LogP contribution in [0.15, 0.2) is 48.5 Å². The van der Waals surface area contributed by atoms with Gasteiger partial charge in [-0.15, -0.1) is 0 Å². The molecular weight excluding hydrogens is 442 g/mol. The molecule has 0 aliphatic rings. The molecule has 2 atom stereocenters. The third-order valence-electron chi connectivity index (χ3n) is 4.95. The highest BCUT2D eigenvalue weighted by molar-refractivity contribution is 5.89. The molecule has 0 aliphatic carbocycles. The van der Waals surface area contributed by atoms with Crippen LogP contribution in [0.2, 0.25) is 0 Å². The van der Waals surface area contributed by atoms with E-state index in [1.165, 1.54) is 18.2 Å². The summed E-state index contributed by atoms with van der Waals surface area (Å²) in [6, 6.07) is 12.7. The van der Waals surface area contributed by atoms with Crippen molar-refractivity contribution >= 4 is 23.9 Å². The molecule has 2 rings (SSSR count). The predicted octanol–water partition coefficient (Wildman–Crippen LogP) is 3.28. The molecule has 0 amide bonds. The van der Waals surface area contributed by atoms with E-state index in [4.69, 9.17) is 19.9 Å². The molecule has 0 aliphatic heterocycles. The molecule has 0 bridgehead atoms. The Morgan fingerprint density at radius 2 is 1.53 bits per heavy atom. The summed E-state index contributed by atoms with van der Waals surface area (Å²) in [5.74, 6) is -2.91. The zero-order valence-electron chi connectivity index (χ0n) is 19.4. The van der Waals surface area contributed by atoms with E-state index in [9.17, 15) is 24.3 Å². The van der Waals surface area contributed by atoms with Gasteiger partial charge in [-0.1, -0.05) is 38.1 Å². The molecule has 182 valence electrons. The van der Waals surface area contributed by atoms with Gasteiger partial charge in [-0.05, 0) is 36.8 Å². The van der Waals surface area contributed by atoms with E-state index in [0.717, 1.165) is 0 Å². The summed E-state index contributed by atoms with van der Waals surface area (Å²) in [5.41, 5.74) is 5.21. The van der Waals surface area contributed by atoms with Gasteiger partial charge in [0.1, 0.15) is 11.6 Å². The first-order valence-corrected chi connectivity index (χ1v) is 10.9. The molecule has 3 N–H and O–H groups in total. The van der Waals surface area contributed by atoms with Crippen LogP contribution >= 0.6 is 0 Å². The summed E-state index contributed by atoms with van der Waals surface area (Å²) in [6.45, 7) is 4.79. The van der Waals surface area contributed by atoms with Crippen LogP contribution in [-0.4, -0.2) is 40.6 Å². The third kappa shape index (κ3) is 7.41. The number of carbonyl (C=O) groups excluding carboxylic acids is 3. The number of nitrogens with two attached hydrogens (primary N) is 1. The lowest BCUT2D eigenvalue weighted by molar-refractivity contribution is -0.144. The molecule has 2 aromatic rings. The van der Waals surface area contributed by atoms with Crippen LogP contribution < -0.4 is 15.2 Å². The number of ether oxygens (including phenoxy) is 3. The van der Waals surface area contributed by atoms with Gasteiger partial charge in [0.25, 0.3) is 0 Å². The van der Waals surface area contributed by atoms with Crippen LogP contribution in [0.4, 0.5) is 0 Å². The molecule has 9 nitrogen and oxygen atoms in total. The molecule has 0 saturated carbocycles. The number of carboxylic acids is 1. The topological polar surface area (TPSA) is 142 Å². The SMILES string of the molecule is CCC(=O)Oc1ccc(CC(N)(C[C@H](C)OC(=O)c2ccccc2)C(=O)O)cc1OC(=O)CC. The zero-order valence-corrected chi connectivity index (χ0v) is 19.4. The number of rotatable bonds is 11. The van der Waals surface area contributed by atoms with Crippen molar-refractivity contribution in [3.05, 3.63) is 59.7 Å². The van der Waals surface area contributed by atoms with E-state index in [1.54, 1.807) is 51.1 Å². The second-order valence-electron chi connectivity index (χ2n) is 7.86. The van der Waals surface area contributed by atoms with Gasteiger partial charge in [-0.2, -0.15) is 0 Å². The number of aliphatic carboxylic acids is 1. The lowest BCUT2D eigenvalue weighted by Crippen LogP contribution is -2.52. The molecule has 2 aromatic carbocycles. The Hall–Kier alpha value is -3.72. The smallest absolute Gasteiger partial charge is 0.338 e. The molecule has 1 unspecified atom stereocenters. The first-order valence-electron chi connectivity index (χ1n) is 10.9. The van der Waals surface area contributed by atoms with Gasteiger partial charge in [-0.25, -0.2) is 4.79 Å². The Balaban J connectivity index is 2.22. The van der Waals surface area contributed by atoms with Crippen LogP contribution in [0.1, 0.15) is 56.0 Å². The van der Waals surface area contributed by atoms with Gasteiger partial charge in [0, 0.05) is 25.7 Å². The lowest BCUT2D eigenvalue weighted by atomic mass is 9.86. The van der Waals surface area contributed by atoms with Crippen molar-refractivity contribution in [2.24, 2.45) is 5.73 Å². The number of carboxylic acid groups (broad SMARTS) is 1. The molecule has 0 fully saturated rings. The summed E-state index contributed by atoms with van der Waals surface area (Å²) in [6.07, 6.45) is -0.916. The van der Waals surface area contributed by atoms with Gasteiger partial charge in [0.2, 0.25) is 0 Å². The fourth-order valence-corrected chi connectivity index (χ4v) is 3.20. The first kappa shape index (κ1) is 26.5. The molecule has 0 radical (unpaired) electrons. The standard InChI is InChI=1S/C25H29NO8/c1-4-21(27)33-19-12-11-17(13-20(19)34-22(28)5-2)15-25(26,24(30)31)14-16(3)32-23(29)18-9-7-6-8-10-18/h6-13,16H,4-5,14-15,26H2,1-3H3,(H,30,31)/t16-,25?/m0/s1. The van der Waals surface area contributed by atoms with Gasteiger partial charge >= 0.3 is 23.9 Å².